The van der Waals surface area contributed by atoms with Crippen molar-refractivity contribution in [1.29, 1.82) is 0 Å². The molecular formula is C14H20N2O3. The van der Waals surface area contributed by atoms with E-state index in [-0.39, 0.29) is 6.09 Å². The van der Waals surface area contributed by atoms with E-state index in [1.165, 1.54) is 0 Å². The number of benzene rings is 1. The molecule has 0 aromatic heterocycles. The quantitative estimate of drug-likeness (QED) is 0.837. The largest absolute Gasteiger partial charge is 0.497 e. The van der Waals surface area contributed by atoms with Gasteiger partial charge in [-0.3, -0.25) is 0 Å². The number of anilines is 1. The van der Waals surface area contributed by atoms with Crippen molar-refractivity contribution in [2.45, 2.75) is 6.92 Å². The first-order chi connectivity index (χ1) is 9.24. The Balaban J connectivity index is 1.94. The lowest BCUT2D eigenvalue weighted by molar-refractivity contribution is 0.105. The fourth-order valence-corrected chi connectivity index (χ4v) is 2.17. The summed E-state index contributed by atoms with van der Waals surface area (Å²) >= 11 is 0. The second kappa shape index (κ2) is 6.31. The van der Waals surface area contributed by atoms with Crippen LogP contribution in [0.1, 0.15) is 6.92 Å². The molecule has 0 N–H and O–H groups in total. The molecule has 0 radical (unpaired) electrons. The van der Waals surface area contributed by atoms with Crippen LogP contribution in [0, 0.1) is 0 Å². The minimum atomic E-state index is -0.215. The van der Waals surface area contributed by atoms with Gasteiger partial charge in [0.2, 0.25) is 0 Å². The summed E-state index contributed by atoms with van der Waals surface area (Å²) < 4.78 is 10.2. The van der Waals surface area contributed by atoms with E-state index in [1.54, 1.807) is 12.0 Å². The molecule has 1 aromatic carbocycles. The second-order valence-corrected chi connectivity index (χ2v) is 4.37. The van der Waals surface area contributed by atoms with Crippen molar-refractivity contribution in [3.8, 4) is 5.75 Å². The van der Waals surface area contributed by atoms with E-state index in [4.69, 9.17) is 9.47 Å². The number of amides is 1. The van der Waals surface area contributed by atoms with Crippen LogP contribution in [-0.4, -0.2) is 50.9 Å². The Morgan fingerprint density at radius 2 is 2.00 bits per heavy atom. The standard InChI is InChI=1S/C14H20N2O3/c1-3-19-14(17)16-9-7-15(8-10-16)12-5-4-6-13(11-12)18-2/h4-6,11H,3,7-10H2,1-2H3. The molecule has 104 valence electrons. The van der Waals surface area contributed by atoms with Gasteiger partial charge in [-0.15, -0.1) is 0 Å². The summed E-state index contributed by atoms with van der Waals surface area (Å²) in [5.74, 6) is 0.852. The fraction of sp³-hybridized carbons (Fsp3) is 0.500. The van der Waals surface area contributed by atoms with Crippen LogP contribution in [0.4, 0.5) is 10.5 Å². The predicted molar refractivity (Wildman–Crippen MR) is 73.8 cm³/mol. The molecule has 5 nitrogen and oxygen atoms in total. The first kappa shape index (κ1) is 13.5. The van der Waals surface area contributed by atoms with Crippen molar-refractivity contribution < 1.29 is 14.3 Å². The van der Waals surface area contributed by atoms with Crippen LogP contribution < -0.4 is 9.64 Å². The van der Waals surface area contributed by atoms with E-state index in [0.29, 0.717) is 19.7 Å². The van der Waals surface area contributed by atoms with Gasteiger partial charge in [-0.25, -0.2) is 4.79 Å². The molecule has 1 fully saturated rings. The van der Waals surface area contributed by atoms with E-state index in [0.717, 1.165) is 24.5 Å². The fourth-order valence-electron chi connectivity index (χ4n) is 2.17. The monoisotopic (exact) mass is 264 g/mol. The van der Waals surface area contributed by atoms with E-state index >= 15 is 0 Å². The first-order valence-electron chi connectivity index (χ1n) is 6.55. The van der Waals surface area contributed by atoms with Gasteiger partial charge in [0, 0.05) is 37.9 Å². The highest BCUT2D eigenvalue weighted by molar-refractivity contribution is 5.68. The maximum Gasteiger partial charge on any atom is 0.409 e. The number of rotatable bonds is 3. The molecule has 0 bridgehead atoms. The average Bonchev–Trinajstić information content (AvgIpc) is 2.48. The van der Waals surface area contributed by atoms with Crippen molar-refractivity contribution in [1.82, 2.24) is 4.90 Å². The Hall–Kier alpha value is -1.91. The zero-order valence-electron chi connectivity index (χ0n) is 11.5. The van der Waals surface area contributed by atoms with Gasteiger partial charge < -0.3 is 19.3 Å². The molecule has 0 unspecified atom stereocenters. The smallest absolute Gasteiger partial charge is 0.409 e. The zero-order chi connectivity index (χ0) is 13.7. The van der Waals surface area contributed by atoms with Gasteiger partial charge in [0.15, 0.2) is 0 Å². The molecule has 0 aliphatic carbocycles. The molecule has 1 aromatic rings. The Morgan fingerprint density at radius 1 is 1.26 bits per heavy atom. The SMILES string of the molecule is CCOC(=O)N1CCN(c2cccc(OC)c2)CC1. The Bertz CT molecular complexity index is 428. The number of hydrogen-bond acceptors (Lipinski definition) is 4. The molecular weight excluding hydrogens is 244 g/mol. The highest BCUT2D eigenvalue weighted by atomic mass is 16.6. The van der Waals surface area contributed by atoms with Crippen LogP contribution >= 0.6 is 0 Å². The van der Waals surface area contributed by atoms with Gasteiger partial charge in [-0.1, -0.05) is 6.07 Å². The molecule has 2 rings (SSSR count). The predicted octanol–water partition coefficient (Wildman–Crippen LogP) is 1.97. The van der Waals surface area contributed by atoms with Gasteiger partial charge in [-0.2, -0.15) is 0 Å². The van der Waals surface area contributed by atoms with E-state index in [9.17, 15) is 4.79 Å². The molecule has 1 saturated heterocycles. The summed E-state index contributed by atoms with van der Waals surface area (Å²) in [6.07, 6.45) is -0.215. The second-order valence-electron chi connectivity index (χ2n) is 4.37. The number of ether oxygens (including phenoxy) is 2. The third kappa shape index (κ3) is 3.30. The molecule has 19 heavy (non-hydrogen) atoms. The maximum atomic E-state index is 11.6. The summed E-state index contributed by atoms with van der Waals surface area (Å²) in [5, 5.41) is 0. The van der Waals surface area contributed by atoms with Crippen LogP contribution in [0.5, 0.6) is 5.75 Å². The normalized spacial score (nSPS) is 15.3. The van der Waals surface area contributed by atoms with Gasteiger partial charge in [0.25, 0.3) is 0 Å². The number of piperazine rings is 1. The first-order valence-corrected chi connectivity index (χ1v) is 6.55. The lowest BCUT2D eigenvalue weighted by atomic mass is 10.2. The molecule has 1 heterocycles. The molecule has 0 saturated carbocycles. The van der Waals surface area contributed by atoms with Gasteiger partial charge in [-0.05, 0) is 19.1 Å². The summed E-state index contributed by atoms with van der Waals surface area (Å²) in [4.78, 5) is 15.6. The zero-order valence-corrected chi connectivity index (χ0v) is 11.5. The molecule has 1 amide bonds. The summed E-state index contributed by atoms with van der Waals surface area (Å²) in [7, 11) is 1.66. The summed E-state index contributed by atoms with van der Waals surface area (Å²) in [6, 6.07) is 7.98. The van der Waals surface area contributed by atoms with Crippen molar-refractivity contribution in [3.05, 3.63) is 24.3 Å². The lowest BCUT2D eigenvalue weighted by Crippen LogP contribution is -2.49. The maximum absolute atomic E-state index is 11.6. The molecule has 0 spiro atoms. The van der Waals surface area contributed by atoms with E-state index in [2.05, 4.69) is 11.0 Å². The number of methoxy groups -OCH3 is 1. The minimum Gasteiger partial charge on any atom is -0.497 e. The van der Waals surface area contributed by atoms with Crippen LogP contribution in [0.3, 0.4) is 0 Å². The van der Waals surface area contributed by atoms with Crippen LogP contribution in [0.25, 0.3) is 0 Å². The molecule has 5 heteroatoms. The summed E-state index contributed by atoms with van der Waals surface area (Å²) in [6.45, 7) is 5.25. The highest BCUT2D eigenvalue weighted by Gasteiger charge is 2.22. The number of carbonyl (C=O) groups excluding carboxylic acids is 1. The Morgan fingerprint density at radius 3 is 2.63 bits per heavy atom. The molecule has 1 aliphatic heterocycles. The van der Waals surface area contributed by atoms with Crippen LogP contribution in [-0.2, 0) is 4.74 Å². The Labute approximate surface area is 113 Å². The third-order valence-corrected chi connectivity index (χ3v) is 3.22. The molecule has 0 atom stereocenters. The molecule has 1 aliphatic rings. The topological polar surface area (TPSA) is 42.0 Å². The van der Waals surface area contributed by atoms with Crippen molar-refractivity contribution >= 4 is 11.8 Å². The van der Waals surface area contributed by atoms with Gasteiger partial charge >= 0.3 is 6.09 Å². The van der Waals surface area contributed by atoms with Crippen molar-refractivity contribution in [2.75, 3.05) is 44.8 Å². The summed E-state index contributed by atoms with van der Waals surface area (Å²) in [5.41, 5.74) is 1.13. The third-order valence-electron chi connectivity index (χ3n) is 3.22. The Kier molecular flexibility index (Phi) is 4.49. The minimum absolute atomic E-state index is 0.215. The van der Waals surface area contributed by atoms with Gasteiger partial charge in [0.1, 0.15) is 5.75 Å². The highest BCUT2D eigenvalue weighted by Crippen LogP contribution is 2.22. The van der Waals surface area contributed by atoms with E-state index < -0.39 is 0 Å². The van der Waals surface area contributed by atoms with Gasteiger partial charge in [0.05, 0.1) is 13.7 Å². The van der Waals surface area contributed by atoms with Crippen LogP contribution in [0.2, 0.25) is 0 Å². The van der Waals surface area contributed by atoms with Crippen LogP contribution in [0.15, 0.2) is 24.3 Å². The van der Waals surface area contributed by atoms with Crippen molar-refractivity contribution in [2.24, 2.45) is 0 Å². The number of hydrogen-bond donors (Lipinski definition) is 0. The number of nitrogens with zero attached hydrogens (tertiary/aromatic N) is 2. The van der Waals surface area contributed by atoms with Crippen molar-refractivity contribution in [3.63, 3.8) is 0 Å². The average molecular weight is 264 g/mol. The van der Waals surface area contributed by atoms with E-state index in [1.807, 2.05) is 25.1 Å². The number of carbonyl (C=O) groups is 1. The lowest BCUT2D eigenvalue weighted by Gasteiger charge is -2.35.